The van der Waals surface area contributed by atoms with Crippen molar-refractivity contribution in [2.75, 3.05) is 6.54 Å². The van der Waals surface area contributed by atoms with Gasteiger partial charge in [-0.3, -0.25) is 4.79 Å². The number of amides is 1. The Morgan fingerprint density at radius 1 is 1.10 bits per heavy atom. The highest BCUT2D eigenvalue weighted by molar-refractivity contribution is 6.42. The quantitative estimate of drug-likeness (QED) is 0.528. The molecule has 5 nitrogen and oxygen atoms in total. The molecule has 2 N–H and O–H groups in total. The first-order valence-electron chi connectivity index (χ1n) is 9.40. The van der Waals surface area contributed by atoms with Crippen LogP contribution in [-0.4, -0.2) is 27.3 Å². The van der Waals surface area contributed by atoms with Gasteiger partial charge in [0.15, 0.2) is 0 Å². The predicted octanol–water partition coefficient (Wildman–Crippen LogP) is 4.79. The van der Waals surface area contributed by atoms with Crippen molar-refractivity contribution in [3.05, 3.63) is 75.0 Å². The average molecular weight is 432 g/mol. The summed E-state index contributed by atoms with van der Waals surface area (Å²) in [5.41, 5.74) is 4.56. The van der Waals surface area contributed by atoms with Crippen molar-refractivity contribution in [3.8, 4) is 11.4 Å². The topological polar surface area (TPSA) is 67.2 Å². The van der Waals surface area contributed by atoms with E-state index in [1.54, 1.807) is 28.9 Å². The van der Waals surface area contributed by atoms with Gasteiger partial charge in [0.25, 0.3) is 0 Å². The van der Waals surface area contributed by atoms with Crippen molar-refractivity contribution in [2.24, 2.45) is 0 Å². The number of aromatic hydroxyl groups is 1. The molecule has 0 fully saturated rings. The van der Waals surface area contributed by atoms with Gasteiger partial charge >= 0.3 is 0 Å². The van der Waals surface area contributed by atoms with Crippen LogP contribution in [-0.2, 0) is 17.6 Å². The molecule has 0 atom stereocenters. The first-order chi connectivity index (χ1) is 13.8. The lowest BCUT2D eigenvalue weighted by Crippen LogP contribution is -2.26. The van der Waals surface area contributed by atoms with Crippen molar-refractivity contribution in [3.63, 3.8) is 0 Å². The molecule has 0 saturated heterocycles. The number of nitrogens with zero attached hydrogens (tertiary/aromatic N) is 2. The molecule has 29 heavy (non-hydrogen) atoms. The molecule has 0 saturated carbocycles. The van der Waals surface area contributed by atoms with E-state index in [2.05, 4.69) is 10.4 Å². The van der Waals surface area contributed by atoms with Crippen molar-refractivity contribution >= 4 is 29.1 Å². The molecule has 3 rings (SSSR count). The third kappa shape index (κ3) is 5.31. The van der Waals surface area contributed by atoms with Crippen molar-refractivity contribution in [1.82, 2.24) is 15.1 Å². The van der Waals surface area contributed by atoms with Gasteiger partial charge in [0, 0.05) is 17.8 Å². The zero-order valence-electron chi connectivity index (χ0n) is 16.4. The number of carbonyl (C=O) groups excluding carboxylic acids is 1. The number of aromatic nitrogens is 2. The SMILES string of the molecule is Cc1nn(-c2ccc(Cl)c(Cl)c2)c(C)c1CC(=O)NCCCc1ccc(O)cc1. The maximum atomic E-state index is 12.4. The second-order valence-corrected chi connectivity index (χ2v) is 7.77. The molecular formula is C22H23Cl2N3O2. The monoisotopic (exact) mass is 431 g/mol. The fourth-order valence-electron chi connectivity index (χ4n) is 3.20. The largest absolute Gasteiger partial charge is 0.508 e. The van der Waals surface area contributed by atoms with Crippen molar-refractivity contribution in [2.45, 2.75) is 33.1 Å². The first-order valence-corrected chi connectivity index (χ1v) is 10.2. The van der Waals surface area contributed by atoms with Gasteiger partial charge in [0.1, 0.15) is 5.75 Å². The van der Waals surface area contributed by atoms with Crippen LogP contribution in [0.1, 0.15) is 28.9 Å². The van der Waals surface area contributed by atoms with Gasteiger partial charge in [-0.2, -0.15) is 5.10 Å². The Bertz CT molecular complexity index is 1010. The molecule has 3 aromatic rings. The molecule has 1 aromatic heterocycles. The van der Waals surface area contributed by atoms with E-state index < -0.39 is 0 Å². The summed E-state index contributed by atoms with van der Waals surface area (Å²) in [5, 5.41) is 17.8. The summed E-state index contributed by atoms with van der Waals surface area (Å²) in [5.74, 6) is 0.227. The average Bonchev–Trinajstić information content (AvgIpc) is 2.97. The van der Waals surface area contributed by atoms with E-state index in [9.17, 15) is 9.90 Å². The van der Waals surface area contributed by atoms with Gasteiger partial charge in [-0.1, -0.05) is 35.3 Å². The van der Waals surface area contributed by atoms with Crippen LogP contribution in [0.5, 0.6) is 5.75 Å². The molecule has 0 aliphatic carbocycles. The van der Waals surface area contributed by atoms with E-state index in [0.717, 1.165) is 41.0 Å². The van der Waals surface area contributed by atoms with E-state index in [1.165, 1.54) is 0 Å². The molecule has 0 radical (unpaired) electrons. The van der Waals surface area contributed by atoms with Crippen LogP contribution in [0.2, 0.25) is 10.0 Å². The summed E-state index contributed by atoms with van der Waals surface area (Å²) in [6, 6.07) is 12.5. The molecule has 1 amide bonds. The van der Waals surface area contributed by atoms with Crippen LogP contribution >= 0.6 is 23.2 Å². The van der Waals surface area contributed by atoms with Gasteiger partial charge in [-0.15, -0.1) is 0 Å². The van der Waals surface area contributed by atoms with Crippen LogP contribution in [0.15, 0.2) is 42.5 Å². The Hall–Kier alpha value is -2.50. The Morgan fingerprint density at radius 3 is 2.52 bits per heavy atom. The lowest BCUT2D eigenvalue weighted by atomic mass is 10.1. The summed E-state index contributed by atoms with van der Waals surface area (Å²) < 4.78 is 1.78. The van der Waals surface area contributed by atoms with Gasteiger partial charge in [0.05, 0.1) is 27.8 Å². The van der Waals surface area contributed by atoms with Crippen molar-refractivity contribution < 1.29 is 9.90 Å². The number of hydrogen-bond donors (Lipinski definition) is 2. The number of hydrogen-bond acceptors (Lipinski definition) is 3. The molecule has 0 spiro atoms. The van der Waals surface area contributed by atoms with E-state index in [0.29, 0.717) is 16.6 Å². The smallest absolute Gasteiger partial charge is 0.224 e. The second kappa shape index (κ2) is 9.33. The standard InChI is InChI=1S/C22H23Cl2N3O2/c1-14-19(15(2)27(26-14)17-7-10-20(23)21(24)12-17)13-22(29)25-11-3-4-16-5-8-18(28)9-6-16/h5-10,12,28H,3-4,11,13H2,1-2H3,(H,25,29). The van der Waals surface area contributed by atoms with Crippen LogP contribution in [0, 0.1) is 13.8 Å². The zero-order chi connectivity index (χ0) is 21.0. The highest BCUT2D eigenvalue weighted by Crippen LogP contribution is 2.26. The number of phenols is 1. The summed E-state index contributed by atoms with van der Waals surface area (Å²) in [6.07, 6.45) is 1.95. The number of phenolic OH excluding ortho intramolecular Hbond substituents is 1. The third-order valence-corrected chi connectivity index (χ3v) is 5.57. The molecular weight excluding hydrogens is 409 g/mol. The van der Waals surface area contributed by atoms with E-state index in [4.69, 9.17) is 23.2 Å². The minimum Gasteiger partial charge on any atom is -0.508 e. The minimum atomic E-state index is -0.0319. The Balaban J connectivity index is 1.58. The maximum Gasteiger partial charge on any atom is 0.224 e. The lowest BCUT2D eigenvalue weighted by molar-refractivity contribution is -0.120. The van der Waals surface area contributed by atoms with E-state index in [-0.39, 0.29) is 18.1 Å². The predicted molar refractivity (Wildman–Crippen MR) is 116 cm³/mol. The number of rotatable bonds is 7. The Labute approximate surface area is 180 Å². The molecule has 2 aromatic carbocycles. The molecule has 0 aliphatic heterocycles. The van der Waals surface area contributed by atoms with Crippen LogP contribution in [0.25, 0.3) is 5.69 Å². The molecule has 152 valence electrons. The summed E-state index contributed by atoms with van der Waals surface area (Å²) in [7, 11) is 0. The van der Waals surface area contributed by atoms with Crippen molar-refractivity contribution in [1.29, 1.82) is 0 Å². The number of aryl methyl sites for hydroxylation is 2. The molecule has 0 bridgehead atoms. The Kier molecular flexibility index (Phi) is 6.83. The summed E-state index contributed by atoms with van der Waals surface area (Å²) in [6.45, 7) is 4.43. The van der Waals surface area contributed by atoms with Gasteiger partial charge in [0.2, 0.25) is 5.91 Å². The van der Waals surface area contributed by atoms with E-state index >= 15 is 0 Å². The normalized spacial score (nSPS) is 10.9. The molecule has 1 heterocycles. The van der Waals surface area contributed by atoms with Crippen LogP contribution < -0.4 is 5.32 Å². The highest BCUT2D eigenvalue weighted by Gasteiger charge is 2.16. The molecule has 0 unspecified atom stereocenters. The molecule has 7 heteroatoms. The second-order valence-electron chi connectivity index (χ2n) is 6.96. The maximum absolute atomic E-state index is 12.4. The number of nitrogens with one attached hydrogen (secondary N) is 1. The van der Waals surface area contributed by atoms with Crippen LogP contribution in [0.3, 0.4) is 0 Å². The summed E-state index contributed by atoms with van der Waals surface area (Å²) >= 11 is 12.1. The number of carbonyl (C=O) groups is 1. The van der Waals surface area contributed by atoms with Gasteiger partial charge < -0.3 is 10.4 Å². The number of halogens is 2. The lowest BCUT2D eigenvalue weighted by Gasteiger charge is -2.08. The molecule has 0 aliphatic rings. The first kappa shape index (κ1) is 21.2. The highest BCUT2D eigenvalue weighted by atomic mass is 35.5. The van der Waals surface area contributed by atoms with Gasteiger partial charge in [-0.05, 0) is 62.6 Å². The van der Waals surface area contributed by atoms with Crippen LogP contribution in [0.4, 0.5) is 0 Å². The van der Waals surface area contributed by atoms with E-state index in [1.807, 2.05) is 32.0 Å². The number of benzene rings is 2. The van der Waals surface area contributed by atoms with Gasteiger partial charge in [-0.25, -0.2) is 4.68 Å². The minimum absolute atomic E-state index is 0.0319. The third-order valence-electron chi connectivity index (χ3n) is 4.83. The summed E-state index contributed by atoms with van der Waals surface area (Å²) in [4.78, 5) is 12.4. The zero-order valence-corrected chi connectivity index (χ0v) is 17.9. The fraction of sp³-hybridized carbons (Fsp3) is 0.273. The Morgan fingerprint density at radius 2 is 1.83 bits per heavy atom. The fourth-order valence-corrected chi connectivity index (χ4v) is 3.50.